The van der Waals surface area contributed by atoms with Gasteiger partial charge in [0.25, 0.3) is 0 Å². The van der Waals surface area contributed by atoms with E-state index in [0.29, 0.717) is 13.1 Å². The largest absolute Gasteiger partial charge is 0.409 e. The summed E-state index contributed by atoms with van der Waals surface area (Å²) in [5.74, 6) is 0.168. The standard InChI is InChI=1S/C7H17N3O2/c1-7(2,12-3)5-9-4-6(8)10-11/h9,11H,4-5H2,1-3H3,(H2,8,10). The normalized spacial score (nSPS) is 13.4. The lowest BCUT2D eigenvalue weighted by molar-refractivity contribution is 0.0243. The minimum Gasteiger partial charge on any atom is -0.409 e. The van der Waals surface area contributed by atoms with E-state index in [4.69, 9.17) is 15.7 Å². The second kappa shape index (κ2) is 4.95. The third-order valence-electron chi connectivity index (χ3n) is 1.54. The molecule has 0 saturated carbocycles. The Balaban J connectivity index is 3.56. The van der Waals surface area contributed by atoms with Crippen LogP contribution in [-0.4, -0.2) is 36.8 Å². The van der Waals surface area contributed by atoms with Crippen molar-refractivity contribution in [2.75, 3.05) is 20.2 Å². The van der Waals surface area contributed by atoms with E-state index < -0.39 is 0 Å². The Morgan fingerprint density at radius 1 is 1.67 bits per heavy atom. The van der Waals surface area contributed by atoms with Gasteiger partial charge in [0.05, 0.1) is 12.1 Å². The Morgan fingerprint density at radius 2 is 2.25 bits per heavy atom. The second-order valence-corrected chi connectivity index (χ2v) is 3.16. The number of ether oxygens (including phenoxy) is 1. The van der Waals surface area contributed by atoms with Crippen LogP contribution in [0.1, 0.15) is 13.8 Å². The highest BCUT2D eigenvalue weighted by Gasteiger charge is 2.14. The van der Waals surface area contributed by atoms with Crippen molar-refractivity contribution in [3.05, 3.63) is 0 Å². The van der Waals surface area contributed by atoms with Gasteiger partial charge in [0.15, 0.2) is 5.84 Å². The van der Waals surface area contributed by atoms with Gasteiger partial charge in [-0.25, -0.2) is 0 Å². The number of hydrogen-bond acceptors (Lipinski definition) is 4. The SMILES string of the molecule is COC(C)(C)CNCC(N)=NO. The van der Waals surface area contributed by atoms with E-state index in [2.05, 4.69) is 10.5 Å². The topological polar surface area (TPSA) is 79.9 Å². The highest BCUT2D eigenvalue weighted by atomic mass is 16.5. The van der Waals surface area contributed by atoms with Crippen LogP contribution in [0.2, 0.25) is 0 Å². The van der Waals surface area contributed by atoms with Gasteiger partial charge in [-0.1, -0.05) is 5.16 Å². The molecule has 0 spiro atoms. The summed E-state index contributed by atoms with van der Waals surface area (Å²) in [5.41, 5.74) is 5.01. The van der Waals surface area contributed by atoms with Crippen LogP contribution in [0.3, 0.4) is 0 Å². The number of amidine groups is 1. The lowest BCUT2D eigenvalue weighted by atomic mass is 10.1. The van der Waals surface area contributed by atoms with Crippen LogP contribution < -0.4 is 11.1 Å². The number of hydrogen-bond donors (Lipinski definition) is 3. The fourth-order valence-corrected chi connectivity index (χ4v) is 0.599. The van der Waals surface area contributed by atoms with Crippen LogP contribution in [-0.2, 0) is 4.74 Å². The van der Waals surface area contributed by atoms with E-state index in [1.54, 1.807) is 7.11 Å². The Hall–Kier alpha value is -0.810. The van der Waals surface area contributed by atoms with Crippen LogP contribution in [0.25, 0.3) is 0 Å². The van der Waals surface area contributed by atoms with Crippen molar-refractivity contribution in [2.24, 2.45) is 10.9 Å². The average Bonchev–Trinajstić information content (AvgIpc) is 2.04. The monoisotopic (exact) mass is 175 g/mol. The van der Waals surface area contributed by atoms with E-state index in [-0.39, 0.29) is 11.4 Å². The van der Waals surface area contributed by atoms with Crippen molar-refractivity contribution in [1.82, 2.24) is 5.32 Å². The molecule has 4 N–H and O–H groups in total. The molecule has 0 rings (SSSR count). The average molecular weight is 175 g/mol. The number of oxime groups is 1. The highest BCUT2D eigenvalue weighted by Crippen LogP contribution is 2.03. The first kappa shape index (κ1) is 11.2. The molecule has 72 valence electrons. The summed E-state index contributed by atoms with van der Waals surface area (Å²) in [4.78, 5) is 0. The maximum Gasteiger partial charge on any atom is 0.153 e. The molecular weight excluding hydrogens is 158 g/mol. The number of methoxy groups -OCH3 is 1. The van der Waals surface area contributed by atoms with Crippen molar-refractivity contribution in [3.8, 4) is 0 Å². The molecule has 0 aromatic rings. The van der Waals surface area contributed by atoms with Crippen molar-refractivity contribution >= 4 is 5.84 Å². The molecule has 0 aliphatic heterocycles. The van der Waals surface area contributed by atoms with Crippen LogP contribution in [0.15, 0.2) is 5.16 Å². The Morgan fingerprint density at radius 3 is 2.67 bits per heavy atom. The van der Waals surface area contributed by atoms with Gasteiger partial charge >= 0.3 is 0 Å². The number of rotatable bonds is 5. The van der Waals surface area contributed by atoms with E-state index in [1.807, 2.05) is 13.8 Å². The van der Waals surface area contributed by atoms with Crippen molar-refractivity contribution < 1.29 is 9.94 Å². The zero-order valence-electron chi connectivity index (χ0n) is 7.79. The van der Waals surface area contributed by atoms with E-state index in [1.165, 1.54) is 0 Å². The predicted molar refractivity (Wildman–Crippen MR) is 47.4 cm³/mol. The molecule has 0 heterocycles. The van der Waals surface area contributed by atoms with Gasteiger partial charge in [0.2, 0.25) is 0 Å². The molecule has 0 aromatic heterocycles. The summed E-state index contributed by atoms with van der Waals surface area (Å²) < 4.78 is 5.15. The van der Waals surface area contributed by atoms with Gasteiger partial charge in [0.1, 0.15) is 0 Å². The van der Waals surface area contributed by atoms with Crippen molar-refractivity contribution in [3.63, 3.8) is 0 Å². The quantitative estimate of drug-likeness (QED) is 0.233. The van der Waals surface area contributed by atoms with Crippen molar-refractivity contribution in [1.29, 1.82) is 0 Å². The van der Waals surface area contributed by atoms with Gasteiger partial charge in [-0.05, 0) is 13.8 Å². The first-order valence-electron chi connectivity index (χ1n) is 3.74. The molecule has 0 aliphatic carbocycles. The Bertz CT molecular complexity index is 157. The van der Waals surface area contributed by atoms with E-state index in [0.717, 1.165) is 0 Å². The Labute approximate surface area is 72.6 Å². The predicted octanol–water partition coefficient (Wildman–Crippen LogP) is -0.253. The third kappa shape index (κ3) is 4.92. The Kier molecular flexibility index (Phi) is 4.61. The molecule has 0 aromatic carbocycles. The zero-order valence-corrected chi connectivity index (χ0v) is 7.79. The maximum atomic E-state index is 8.21. The maximum absolute atomic E-state index is 8.21. The molecule has 5 heteroatoms. The van der Waals surface area contributed by atoms with E-state index in [9.17, 15) is 0 Å². The summed E-state index contributed by atoms with van der Waals surface area (Å²) in [5, 5.41) is 14.0. The van der Waals surface area contributed by atoms with Crippen LogP contribution >= 0.6 is 0 Å². The summed E-state index contributed by atoms with van der Waals surface area (Å²) >= 11 is 0. The summed E-state index contributed by atoms with van der Waals surface area (Å²) in [6, 6.07) is 0. The van der Waals surface area contributed by atoms with Gasteiger partial charge in [0, 0.05) is 13.7 Å². The summed E-state index contributed by atoms with van der Waals surface area (Å²) in [6.07, 6.45) is 0. The van der Waals surface area contributed by atoms with E-state index >= 15 is 0 Å². The first-order valence-corrected chi connectivity index (χ1v) is 3.74. The summed E-state index contributed by atoms with van der Waals surface area (Å²) in [7, 11) is 1.64. The highest BCUT2D eigenvalue weighted by molar-refractivity contribution is 5.81. The van der Waals surface area contributed by atoms with Crippen LogP contribution in [0.4, 0.5) is 0 Å². The minimum absolute atomic E-state index is 0.168. The first-order chi connectivity index (χ1) is 5.52. The fourth-order valence-electron chi connectivity index (χ4n) is 0.599. The molecule has 0 fully saturated rings. The number of nitrogens with two attached hydrogens (primary N) is 1. The van der Waals surface area contributed by atoms with Crippen LogP contribution in [0, 0.1) is 0 Å². The molecule has 0 bridgehead atoms. The molecule has 12 heavy (non-hydrogen) atoms. The fraction of sp³-hybridized carbons (Fsp3) is 0.857. The zero-order chi connectivity index (χ0) is 9.61. The molecule has 0 saturated heterocycles. The molecule has 5 nitrogen and oxygen atoms in total. The van der Waals surface area contributed by atoms with Gasteiger partial charge in [-0.3, -0.25) is 0 Å². The summed E-state index contributed by atoms with van der Waals surface area (Å²) in [6.45, 7) is 4.92. The molecular formula is C7H17N3O2. The van der Waals surface area contributed by atoms with Crippen molar-refractivity contribution in [2.45, 2.75) is 19.4 Å². The lowest BCUT2D eigenvalue weighted by Crippen LogP contribution is -2.40. The van der Waals surface area contributed by atoms with Crippen LogP contribution in [0.5, 0.6) is 0 Å². The molecule has 0 atom stereocenters. The third-order valence-corrected chi connectivity index (χ3v) is 1.54. The van der Waals surface area contributed by atoms with Gasteiger partial charge in [-0.2, -0.15) is 0 Å². The molecule has 0 amide bonds. The van der Waals surface area contributed by atoms with Gasteiger partial charge < -0.3 is 21.0 Å². The lowest BCUT2D eigenvalue weighted by Gasteiger charge is -2.22. The molecule has 0 aliphatic rings. The molecule has 0 unspecified atom stereocenters. The smallest absolute Gasteiger partial charge is 0.153 e. The van der Waals surface area contributed by atoms with Gasteiger partial charge in [-0.15, -0.1) is 0 Å². The second-order valence-electron chi connectivity index (χ2n) is 3.16. The number of nitrogens with one attached hydrogen (secondary N) is 1. The molecule has 0 radical (unpaired) electrons. The minimum atomic E-state index is -0.226. The number of nitrogens with zero attached hydrogens (tertiary/aromatic N) is 1.